The third kappa shape index (κ3) is 3.44. The highest BCUT2D eigenvalue weighted by Crippen LogP contribution is 2.31. The highest BCUT2D eigenvalue weighted by atomic mass is 16.5. The maximum absolute atomic E-state index is 13.2. The molecule has 28 heavy (non-hydrogen) atoms. The van der Waals surface area contributed by atoms with Gasteiger partial charge >= 0.3 is 0 Å². The summed E-state index contributed by atoms with van der Waals surface area (Å²) in [5, 5.41) is 0. The molecule has 0 spiro atoms. The van der Waals surface area contributed by atoms with Gasteiger partial charge in [0.05, 0.1) is 26.5 Å². The molecule has 1 aromatic heterocycles. The molecule has 2 aromatic rings. The maximum Gasteiger partial charge on any atom is 0.235 e. The SMILES string of the molecule is COc1cc2c(cc1OC)C[NH+]([C@H](C)C(=O)c1[nH]c(C)c(C(C)=O)c1C)CC2. The Morgan fingerprint density at radius 2 is 1.71 bits per heavy atom. The van der Waals surface area contributed by atoms with Crippen molar-refractivity contribution in [3.8, 4) is 11.5 Å². The first-order chi connectivity index (χ1) is 13.3. The summed E-state index contributed by atoms with van der Waals surface area (Å²) in [6, 6.07) is 3.84. The molecular formula is C22H29N2O4+. The van der Waals surface area contributed by atoms with Gasteiger partial charge in [-0.1, -0.05) is 0 Å². The van der Waals surface area contributed by atoms with E-state index in [9.17, 15) is 9.59 Å². The number of H-pyrrole nitrogens is 1. The van der Waals surface area contributed by atoms with Crippen molar-refractivity contribution in [1.82, 2.24) is 4.98 Å². The molecule has 0 saturated heterocycles. The van der Waals surface area contributed by atoms with Gasteiger partial charge < -0.3 is 19.4 Å². The lowest BCUT2D eigenvalue weighted by molar-refractivity contribution is -0.929. The van der Waals surface area contributed by atoms with Gasteiger partial charge in [0.1, 0.15) is 6.54 Å². The van der Waals surface area contributed by atoms with E-state index in [0.29, 0.717) is 17.0 Å². The fourth-order valence-electron chi connectivity index (χ4n) is 4.28. The first-order valence-corrected chi connectivity index (χ1v) is 9.61. The van der Waals surface area contributed by atoms with E-state index in [4.69, 9.17) is 9.47 Å². The lowest BCUT2D eigenvalue weighted by atomic mass is 9.96. The van der Waals surface area contributed by atoms with Gasteiger partial charge in [0.25, 0.3) is 0 Å². The standard InChI is InChI=1S/C22H28N2O4/c1-12-20(15(4)25)13(2)23-21(12)22(26)14(3)24-8-7-16-9-18(27-5)19(28-6)10-17(16)11-24/h9-10,14,23H,7-8,11H2,1-6H3/p+1/t14-/m1/s1. The molecule has 6 nitrogen and oxygen atoms in total. The lowest BCUT2D eigenvalue weighted by Gasteiger charge is -2.30. The van der Waals surface area contributed by atoms with Crippen molar-refractivity contribution in [2.24, 2.45) is 0 Å². The van der Waals surface area contributed by atoms with Crippen LogP contribution in [0.2, 0.25) is 0 Å². The Kier molecular flexibility index (Phi) is 5.61. The summed E-state index contributed by atoms with van der Waals surface area (Å²) in [5.41, 5.74) is 5.13. The highest BCUT2D eigenvalue weighted by Gasteiger charge is 2.33. The third-order valence-corrected chi connectivity index (χ3v) is 5.88. The summed E-state index contributed by atoms with van der Waals surface area (Å²) >= 11 is 0. The quantitative estimate of drug-likeness (QED) is 0.747. The predicted octanol–water partition coefficient (Wildman–Crippen LogP) is 2.06. The molecule has 3 rings (SSSR count). The zero-order valence-electron chi connectivity index (χ0n) is 17.5. The van der Waals surface area contributed by atoms with Crippen LogP contribution in [0.25, 0.3) is 0 Å². The monoisotopic (exact) mass is 385 g/mol. The number of benzene rings is 1. The van der Waals surface area contributed by atoms with Gasteiger partial charge in [-0.05, 0) is 51.0 Å². The van der Waals surface area contributed by atoms with Crippen LogP contribution in [-0.2, 0) is 13.0 Å². The number of nitrogens with one attached hydrogen (secondary N) is 2. The average Bonchev–Trinajstić information content (AvgIpc) is 2.99. The third-order valence-electron chi connectivity index (χ3n) is 5.88. The van der Waals surface area contributed by atoms with Gasteiger partial charge in [-0.15, -0.1) is 0 Å². The van der Waals surface area contributed by atoms with E-state index in [1.165, 1.54) is 23.0 Å². The van der Waals surface area contributed by atoms with E-state index >= 15 is 0 Å². The molecule has 1 aliphatic rings. The number of ether oxygens (including phenoxy) is 2. The van der Waals surface area contributed by atoms with Gasteiger partial charge in [0, 0.05) is 23.2 Å². The number of hydrogen-bond donors (Lipinski definition) is 2. The number of carbonyl (C=O) groups excluding carboxylic acids is 2. The molecule has 0 radical (unpaired) electrons. The molecule has 0 fully saturated rings. The number of Topliss-reactive ketones (excluding diaryl/α,β-unsaturated/α-hetero) is 2. The fraction of sp³-hybridized carbons (Fsp3) is 0.455. The Bertz CT molecular complexity index is 929. The van der Waals surface area contributed by atoms with Crippen LogP contribution in [0.4, 0.5) is 0 Å². The van der Waals surface area contributed by atoms with Crippen LogP contribution < -0.4 is 14.4 Å². The number of aromatic nitrogens is 1. The molecule has 0 amide bonds. The average molecular weight is 385 g/mol. The normalized spacial score (nSPS) is 17.0. The number of aryl methyl sites for hydroxylation is 1. The zero-order valence-corrected chi connectivity index (χ0v) is 17.5. The minimum absolute atomic E-state index is 0.0155. The maximum atomic E-state index is 13.2. The molecule has 2 N–H and O–H groups in total. The van der Waals surface area contributed by atoms with E-state index < -0.39 is 0 Å². The molecule has 150 valence electrons. The van der Waals surface area contributed by atoms with Crippen LogP contribution in [0, 0.1) is 13.8 Å². The molecular weight excluding hydrogens is 356 g/mol. The summed E-state index contributed by atoms with van der Waals surface area (Å²) in [5.74, 6) is 1.48. The first-order valence-electron chi connectivity index (χ1n) is 9.61. The minimum atomic E-state index is -0.210. The van der Waals surface area contributed by atoms with Crippen molar-refractivity contribution >= 4 is 11.6 Å². The molecule has 6 heteroatoms. The topological polar surface area (TPSA) is 72.8 Å². The Morgan fingerprint density at radius 1 is 1.11 bits per heavy atom. The number of fused-ring (bicyclic) bond motifs is 1. The van der Waals surface area contributed by atoms with Crippen LogP contribution in [0.5, 0.6) is 11.5 Å². The first kappa shape index (κ1) is 20.1. The Morgan fingerprint density at radius 3 is 2.25 bits per heavy atom. The Balaban J connectivity index is 1.85. The van der Waals surface area contributed by atoms with E-state index in [1.807, 2.05) is 32.9 Å². The number of ketones is 2. The van der Waals surface area contributed by atoms with Crippen LogP contribution in [0.15, 0.2) is 12.1 Å². The van der Waals surface area contributed by atoms with E-state index in [-0.39, 0.29) is 17.6 Å². The molecule has 1 aliphatic heterocycles. The van der Waals surface area contributed by atoms with Crippen molar-refractivity contribution < 1.29 is 24.0 Å². The van der Waals surface area contributed by atoms with Gasteiger partial charge in [0.15, 0.2) is 23.3 Å². The number of carbonyl (C=O) groups is 2. The second-order valence-electron chi connectivity index (χ2n) is 7.58. The molecule has 0 saturated carbocycles. The van der Waals surface area contributed by atoms with Gasteiger partial charge in [0.2, 0.25) is 5.78 Å². The van der Waals surface area contributed by atoms with Crippen LogP contribution in [0.1, 0.15) is 57.1 Å². The zero-order chi connectivity index (χ0) is 20.6. The largest absolute Gasteiger partial charge is 0.493 e. The predicted molar refractivity (Wildman–Crippen MR) is 107 cm³/mol. The van der Waals surface area contributed by atoms with Crippen molar-refractivity contribution in [3.63, 3.8) is 0 Å². The molecule has 0 bridgehead atoms. The van der Waals surface area contributed by atoms with E-state index in [2.05, 4.69) is 4.98 Å². The highest BCUT2D eigenvalue weighted by molar-refractivity contribution is 6.04. The van der Waals surface area contributed by atoms with Crippen molar-refractivity contribution in [1.29, 1.82) is 0 Å². The fourth-order valence-corrected chi connectivity index (χ4v) is 4.28. The molecule has 2 atom stereocenters. The van der Waals surface area contributed by atoms with E-state index in [1.54, 1.807) is 14.2 Å². The van der Waals surface area contributed by atoms with Crippen molar-refractivity contribution in [3.05, 3.63) is 45.8 Å². The minimum Gasteiger partial charge on any atom is -0.493 e. The van der Waals surface area contributed by atoms with E-state index in [0.717, 1.165) is 36.5 Å². The van der Waals surface area contributed by atoms with Gasteiger partial charge in [-0.3, -0.25) is 9.59 Å². The van der Waals surface area contributed by atoms with Gasteiger partial charge in [-0.25, -0.2) is 0 Å². The number of quaternary nitrogens is 1. The summed E-state index contributed by atoms with van der Waals surface area (Å²) in [6.45, 7) is 8.81. The number of hydrogen-bond acceptors (Lipinski definition) is 4. The Hall–Kier alpha value is -2.60. The van der Waals surface area contributed by atoms with Crippen LogP contribution >= 0.6 is 0 Å². The number of rotatable bonds is 6. The van der Waals surface area contributed by atoms with Crippen LogP contribution in [0.3, 0.4) is 0 Å². The summed E-state index contributed by atoms with van der Waals surface area (Å²) < 4.78 is 10.8. The second-order valence-corrected chi connectivity index (χ2v) is 7.58. The van der Waals surface area contributed by atoms with Gasteiger partial charge in [-0.2, -0.15) is 0 Å². The number of methoxy groups -OCH3 is 2. The second kappa shape index (κ2) is 7.80. The summed E-state index contributed by atoms with van der Waals surface area (Å²) in [7, 11) is 3.27. The van der Waals surface area contributed by atoms with Crippen molar-refractivity contribution in [2.45, 2.75) is 46.7 Å². The van der Waals surface area contributed by atoms with Crippen LogP contribution in [-0.4, -0.2) is 43.4 Å². The lowest BCUT2D eigenvalue weighted by Crippen LogP contribution is -3.16. The molecule has 1 unspecified atom stereocenters. The van der Waals surface area contributed by atoms with Crippen molar-refractivity contribution in [2.75, 3.05) is 20.8 Å². The molecule has 1 aromatic carbocycles. The number of aromatic amines is 1. The summed E-state index contributed by atoms with van der Waals surface area (Å²) in [6.07, 6.45) is 0.879. The molecule has 2 heterocycles. The summed E-state index contributed by atoms with van der Waals surface area (Å²) in [4.78, 5) is 29.4. The molecule has 0 aliphatic carbocycles. The smallest absolute Gasteiger partial charge is 0.235 e. The Labute approximate surface area is 165 Å².